The van der Waals surface area contributed by atoms with Crippen LogP contribution in [0.15, 0.2) is 36.7 Å². The Kier molecular flexibility index (Phi) is 4.23. The lowest BCUT2D eigenvalue weighted by Gasteiger charge is -2.15. The van der Waals surface area contributed by atoms with Crippen molar-refractivity contribution < 1.29 is 14.3 Å². The van der Waals surface area contributed by atoms with Crippen LogP contribution in [0.4, 0.5) is 5.69 Å². The molecule has 1 heterocycles. The van der Waals surface area contributed by atoms with Gasteiger partial charge in [-0.15, -0.1) is 0 Å². The number of benzene rings is 1. The van der Waals surface area contributed by atoms with Gasteiger partial charge in [-0.3, -0.25) is 9.78 Å². The van der Waals surface area contributed by atoms with Crippen LogP contribution in [0.1, 0.15) is 17.5 Å². The molecule has 0 unspecified atom stereocenters. The third-order valence-corrected chi connectivity index (χ3v) is 3.73. The van der Waals surface area contributed by atoms with Gasteiger partial charge in [0.05, 0.1) is 19.0 Å². The van der Waals surface area contributed by atoms with Crippen LogP contribution in [0, 0.1) is 0 Å². The summed E-state index contributed by atoms with van der Waals surface area (Å²) in [6.45, 7) is -0.0570. The van der Waals surface area contributed by atoms with Crippen molar-refractivity contribution in [3.8, 4) is 11.5 Å². The Bertz CT molecular complexity index is 671. The fourth-order valence-corrected chi connectivity index (χ4v) is 2.71. The number of amides is 1. The number of ether oxygens (including phenoxy) is 2. The average Bonchev–Trinajstić information content (AvgIpc) is 3.03. The first kappa shape index (κ1) is 14.4. The van der Waals surface area contributed by atoms with Gasteiger partial charge in [0.2, 0.25) is 0 Å². The monoisotopic (exact) mass is 298 g/mol. The molecule has 2 aromatic rings. The van der Waals surface area contributed by atoms with Crippen LogP contribution in [-0.2, 0) is 17.6 Å². The molecule has 0 saturated heterocycles. The third kappa shape index (κ3) is 3.03. The number of methoxy groups -OCH3 is 1. The van der Waals surface area contributed by atoms with E-state index in [1.54, 1.807) is 31.6 Å². The fourth-order valence-electron chi connectivity index (χ4n) is 2.71. The molecule has 0 fully saturated rings. The van der Waals surface area contributed by atoms with Gasteiger partial charge in [0.25, 0.3) is 5.91 Å². The summed E-state index contributed by atoms with van der Waals surface area (Å²) in [5, 5.41) is 2.92. The van der Waals surface area contributed by atoms with E-state index in [-0.39, 0.29) is 12.5 Å². The normalized spacial score (nSPS) is 12.6. The standard InChI is InChI=1S/C17H18N2O3/c1-21-15-8-7-12-4-2-6-14(12)17(15)19-16(20)11-22-13-5-3-9-18-10-13/h3,5,7-10H,2,4,6,11H2,1H3,(H,19,20). The molecule has 1 amide bonds. The highest BCUT2D eigenvalue weighted by molar-refractivity contribution is 5.94. The average molecular weight is 298 g/mol. The predicted molar refractivity (Wildman–Crippen MR) is 83.4 cm³/mol. The molecule has 22 heavy (non-hydrogen) atoms. The Morgan fingerprint density at radius 2 is 2.23 bits per heavy atom. The molecule has 0 radical (unpaired) electrons. The Hall–Kier alpha value is -2.56. The first-order valence-corrected chi connectivity index (χ1v) is 7.29. The number of nitrogens with zero attached hydrogens (tertiary/aromatic N) is 1. The van der Waals surface area contributed by atoms with E-state index in [0.29, 0.717) is 11.5 Å². The van der Waals surface area contributed by atoms with Crippen molar-refractivity contribution in [2.45, 2.75) is 19.3 Å². The van der Waals surface area contributed by atoms with Crippen molar-refractivity contribution in [3.63, 3.8) is 0 Å². The zero-order valence-electron chi connectivity index (χ0n) is 12.5. The van der Waals surface area contributed by atoms with Crippen LogP contribution in [0.3, 0.4) is 0 Å². The van der Waals surface area contributed by atoms with Gasteiger partial charge in [-0.25, -0.2) is 0 Å². The van der Waals surface area contributed by atoms with Crippen molar-refractivity contribution in [1.29, 1.82) is 0 Å². The summed E-state index contributed by atoms with van der Waals surface area (Å²) in [6, 6.07) is 7.51. The van der Waals surface area contributed by atoms with Crippen molar-refractivity contribution in [3.05, 3.63) is 47.8 Å². The number of anilines is 1. The molecule has 1 aromatic carbocycles. The number of pyridine rings is 1. The molecule has 1 N–H and O–H groups in total. The number of hydrogen-bond acceptors (Lipinski definition) is 4. The molecular weight excluding hydrogens is 280 g/mol. The van der Waals surface area contributed by atoms with Crippen LogP contribution in [0.25, 0.3) is 0 Å². The molecule has 1 aliphatic rings. The minimum Gasteiger partial charge on any atom is -0.495 e. The molecule has 3 rings (SSSR count). The zero-order valence-corrected chi connectivity index (χ0v) is 12.5. The molecule has 0 saturated carbocycles. The van der Waals surface area contributed by atoms with E-state index >= 15 is 0 Å². The minimum atomic E-state index is -0.206. The molecule has 0 bridgehead atoms. The molecular formula is C17H18N2O3. The molecule has 114 valence electrons. The summed E-state index contributed by atoms with van der Waals surface area (Å²) in [5.74, 6) is 1.06. The van der Waals surface area contributed by atoms with Crippen LogP contribution in [0.5, 0.6) is 11.5 Å². The maximum absolute atomic E-state index is 12.1. The number of nitrogens with one attached hydrogen (secondary N) is 1. The molecule has 1 aliphatic carbocycles. The lowest BCUT2D eigenvalue weighted by molar-refractivity contribution is -0.118. The summed E-state index contributed by atoms with van der Waals surface area (Å²) >= 11 is 0. The maximum atomic E-state index is 12.1. The van der Waals surface area contributed by atoms with Gasteiger partial charge in [-0.2, -0.15) is 0 Å². The predicted octanol–water partition coefficient (Wildman–Crippen LogP) is 2.60. The highest BCUT2D eigenvalue weighted by Crippen LogP contribution is 2.36. The van der Waals surface area contributed by atoms with E-state index in [4.69, 9.17) is 9.47 Å². The zero-order chi connectivity index (χ0) is 15.4. The van der Waals surface area contributed by atoms with Crippen molar-refractivity contribution >= 4 is 11.6 Å². The summed E-state index contributed by atoms with van der Waals surface area (Å²) in [5.41, 5.74) is 3.23. The van der Waals surface area contributed by atoms with E-state index in [1.165, 1.54) is 11.1 Å². The maximum Gasteiger partial charge on any atom is 0.262 e. The van der Waals surface area contributed by atoms with Crippen molar-refractivity contribution in [2.24, 2.45) is 0 Å². The van der Waals surface area contributed by atoms with Gasteiger partial charge in [-0.1, -0.05) is 6.07 Å². The largest absolute Gasteiger partial charge is 0.495 e. The van der Waals surface area contributed by atoms with Crippen LogP contribution in [-0.4, -0.2) is 24.6 Å². The van der Waals surface area contributed by atoms with Crippen molar-refractivity contribution in [1.82, 2.24) is 4.98 Å². The van der Waals surface area contributed by atoms with E-state index in [1.807, 2.05) is 6.07 Å². The van der Waals surface area contributed by atoms with Gasteiger partial charge in [-0.05, 0) is 48.6 Å². The fraction of sp³-hybridized carbons (Fsp3) is 0.294. The van der Waals surface area contributed by atoms with Crippen LogP contribution < -0.4 is 14.8 Å². The van der Waals surface area contributed by atoms with Gasteiger partial charge < -0.3 is 14.8 Å². The van der Waals surface area contributed by atoms with E-state index < -0.39 is 0 Å². The van der Waals surface area contributed by atoms with Gasteiger partial charge >= 0.3 is 0 Å². The number of rotatable bonds is 5. The number of hydrogen-bond donors (Lipinski definition) is 1. The first-order chi connectivity index (χ1) is 10.8. The Morgan fingerprint density at radius 3 is 3.00 bits per heavy atom. The van der Waals surface area contributed by atoms with E-state index in [9.17, 15) is 4.79 Å². The first-order valence-electron chi connectivity index (χ1n) is 7.29. The highest BCUT2D eigenvalue weighted by atomic mass is 16.5. The summed E-state index contributed by atoms with van der Waals surface area (Å²) in [6.07, 6.45) is 6.36. The van der Waals surface area contributed by atoms with E-state index in [0.717, 1.165) is 24.9 Å². The lowest BCUT2D eigenvalue weighted by Crippen LogP contribution is -2.21. The number of carbonyl (C=O) groups is 1. The number of aromatic nitrogens is 1. The smallest absolute Gasteiger partial charge is 0.262 e. The van der Waals surface area contributed by atoms with Crippen LogP contribution in [0.2, 0.25) is 0 Å². The second-order valence-electron chi connectivity index (χ2n) is 5.16. The third-order valence-electron chi connectivity index (χ3n) is 3.73. The second-order valence-corrected chi connectivity index (χ2v) is 5.16. The number of fused-ring (bicyclic) bond motifs is 1. The van der Waals surface area contributed by atoms with E-state index in [2.05, 4.69) is 16.4 Å². The molecule has 1 aromatic heterocycles. The van der Waals surface area contributed by atoms with Gasteiger partial charge in [0.15, 0.2) is 6.61 Å². The highest BCUT2D eigenvalue weighted by Gasteiger charge is 2.20. The number of carbonyl (C=O) groups excluding carboxylic acids is 1. The Morgan fingerprint density at radius 1 is 1.32 bits per heavy atom. The lowest BCUT2D eigenvalue weighted by atomic mass is 10.1. The SMILES string of the molecule is COc1ccc2c(c1NC(=O)COc1cccnc1)CCC2. The molecule has 5 nitrogen and oxygen atoms in total. The quantitative estimate of drug-likeness (QED) is 0.921. The Labute approximate surface area is 129 Å². The summed E-state index contributed by atoms with van der Waals surface area (Å²) < 4.78 is 10.8. The van der Waals surface area contributed by atoms with Gasteiger partial charge in [0.1, 0.15) is 11.5 Å². The second kappa shape index (κ2) is 6.47. The molecule has 0 atom stereocenters. The molecule has 0 spiro atoms. The number of aryl methyl sites for hydroxylation is 1. The molecule has 5 heteroatoms. The van der Waals surface area contributed by atoms with Crippen LogP contribution >= 0.6 is 0 Å². The Balaban J connectivity index is 1.70. The van der Waals surface area contributed by atoms with Gasteiger partial charge in [0, 0.05) is 6.20 Å². The summed E-state index contributed by atoms with van der Waals surface area (Å²) in [4.78, 5) is 16.1. The molecule has 0 aliphatic heterocycles. The topological polar surface area (TPSA) is 60.5 Å². The summed E-state index contributed by atoms with van der Waals surface area (Å²) in [7, 11) is 1.61. The minimum absolute atomic E-state index is 0.0570. The van der Waals surface area contributed by atoms with Crippen molar-refractivity contribution in [2.75, 3.05) is 19.0 Å².